The Bertz CT molecular complexity index is 251. The fourth-order valence-corrected chi connectivity index (χ4v) is 3.23. The molecule has 4 unspecified atom stereocenters. The summed E-state index contributed by atoms with van der Waals surface area (Å²) in [5, 5.41) is 0. The minimum absolute atomic E-state index is 0.832. The fourth-order valence-electron chi connectivity index (χ4n) is 3.23. The molecule has 0 nitrogen and oxygen atoms in total. The largest absolute Gasteiger partial charge is 0.0819 e. The summed E-state index contributed by atoms with van der Waals surface area (Å²) in [5.74, 6) is 3.79. The molecule has 2 rings (SSSR count). The van der Waals surface area contributed by atoms with Crippen LogP contribution in [0.15, 0.2) is 11.6 Å². The van der Waals surface area contributed by atoms with Gasteiger partial charge in [-0.1, -0.05) is 51.2 Å². The second kappa shape index (κ2) is 5.38. The molecule has 0 aromatic carbocycles. The summed E-state index contributed by atoms with van der Waals surface area (Å²) in [6, 6.07) is 0. The van der Waals surface area contributed by atoms with Crippen molar-refractivity contribution in [1.29, 1.82) is 0 Å². The summed E-state index contributed by atoms with van der Waals surface area (Å²) in [7, 11) is 0. The standard InChI is InChI=1S/C16H28/c1-12-7-5-4-6-8-13(2)14(3)10-16-11-15(16)9-12/h10,12-13,15-16H,4-9,11H2,1-3H3. The highest BCUT2D eigenvalue weighted by Crippen LogP contribution is 2.46. The van der Waals surface area contributed by atoms with Gasteiger partial charge in [0.15, 0.2) is 0 Å². The van der Waals surface area contributed by atoms with E-state index < -0.39 is 0 Å². The summed E-state index contributed by atoms with van der Waals surface area (Å²) < 4.78 is 0. The van der Waals surface area contributed by atoms with Crippen LogP contribution in [0.3, 0.4) is 0 Å². The molecule has 0 aromatic heterocycles. The molecule has 1 saturated carbocycles. The van der Waals surface area contributed by atoms with Crippen LogP contribution in [0.2, 0.25) is 0 Å². The van der Waals surface area contributed by atoms with Gasteiger partial charge in [0.05, 0.1) is 0 Å². The topological polar surface area (TPSA) is 0 Å². The van der Waals surface area contributed by atoms with Gasteiger partial charge in [0, 0.05) is 0 Å². The lowest BCUT2D eigenvalue weighted by Crippen LogP contribution is -2.01. The third-order valence-electron chi connectivity index (χ3n) is 4.77. The molecule has 0 spiro atoms. The van der Waals surface area contributed by atoms with Gasteiger partial charge in [-0.05, 0) is 49.9 Å². The number of hydrogen-bond acceptors (Lipinski definition) is 0. The molecule has 0 heterocycles. The van der Waals surface area contributed by atoms with E-state index in [1.807, 2.05) is 0 Å². The molecule has 0 aliphatic heterocycles. The molecule has 1 fully saturated rings. The molecule has 0 aromatic rings. The average molecular weight is 220 g/mol. The van der Waals surface area contributed by atoms with Gasteiger partial charge in [-0.15, -0.1) is 0 Å². The molecule has 0 bridgehead atoms. The van der Waals surface area contributed by atoms with Gasteiger partial charge in [-0.25, -0.2) is 0 Å². The maximum absolute atomic E-state index is 2.60. The van der Waals surface area contributed by atoms with Gasteiger partial charge in [0.25, 0.3) is 0 Å². The van der Waals surface area contributed by atoms with Crippen LogP contribution in [0.1, 0.15) is 65.7 Å². The predicted molar refractivity (Wildman–Crippen MR) is 71.4 cm³/mol. The number of fused-ring (bicyclic) bond motifs is 1. The van der Waals surface area contributed by atoms with Crippen molar-refractivity contribution in [3.63, 3.8) is 0 Å². The zero-order valence-corrected chi connectivity index (χ0v) is 11.3. The first-order chi connectivity index (χ1) is 7.66. The Hall–Kier alpha value is -0.260. The van der Waals surface area contributed by atoms with E-state index in [1.165, 1.54) is 44.9 Å². The predicted octanol–water partition coefficient (Wildman–Crippen LogP) is 5.20. The van der Waals surface area contributed by atoms with Crippen LogP contribution in [-0.4, -0.2) is 0 Å². The molecule has 2 aliphatic rings. The van der Waals surface area contributed by atoms with E-state index in [9.17, 15) is 0 Å². The van der Waals surface area contributed by atoms with E-state index in [4.69, 9.17) is 0 Å². The monoisotopic (exact) mass is 220 g/mol. The summed E-state index contributed by atoms with van der Waals surface area (Å²) >= 11 is 0. The molecule has 92 valence electrons. The molecular formula is C16H28. The first-order valence-corrected chi connectivity index (χ1v) is 7.35. The van der Waals surface area contributed by atoms with E-state index in [2.05, 4.69) is 26.8 Å². The molecule has 4 atom stereocenters. The Morgan fingerprint density at radius 1 is 1.00 bits per heavy atom. The summed E-state index contributed by atoms with van der Waals surface area (Å²) in [4.78, 5) is 0. The first-order valence-electron chi connectivity index (χ1n) is 7.35. The van der Waals surface area contributed by atoms with Gasteiger partial charge in [-0.2, -0.15) is 0 Å². The van der Waals surface area contributed by atoms with Crippen molar-refractivity contribution in [1.82, 2.24) is 0 Å². The van der Waals surface area contributed by atoms with Crippen LogP contribution >= 0.6 is 0 Å². The van der Waals surface area contributed by atoms with Gasteiger partial charge in [-0.3, -0.25) is 0 Å². The second-order valence-electron chi connectivity index (χ2n) is 6.45. The van der Waals surface area contributed by atoms with Gasteiger partial charge < -0.3 is 0 Å². The van der Waals surface area contributed by atoms with Gasteiger partial charge >= 0.3 is 0 Å². The van der Waals surface area contributed by atoms with E-state index >= 15 is 0 Å². The van der Waals surface area contributed by atoms with Crippen LogP contribution in [-0.2, 0) is 0 Å². The summed E-state index contributed by atoms with van der Waals surface area (Å²) in [6.07, 6.45) is 12.8. The maximum atomic E-state index is 2.60. The summed E-state index contributed by atoms with van der Waals surface area (Å²) in [5.41, 5.74) is 1.67. The minimum atomic E-state index is 0.832. The number of rotatable bonds is 0. The minimum Gasteiger partial charge on any atom is -0.0819 e. The normalized spacial score (nSPS) is 41.3. The molecule has 0 amide bonds. The number of allylic oxidation sites excluding steroid dienone is 2. The molecular weight excluding hydrogens is 192 g/mol. The lowest BCUT2D eigenvalue weighted by Gasteiger charge is -2.15. The highest BCUT2D eigenvalue weighted by atomic mass is 14.4. The zero-order valence-electron chi connectivity index (χ0n) is 11.3. The zero-order chi connectivity index (χ0) is 11.5. The van der Waals surface area contributed by atoms with Crippen molar-refractivity contribution in [2.24, 2.45) is 23.7 Å². The van der Waals surface area contributed by atoms with Crippen LogP contribution < -0.4 is 0 Å². The Kier molecular flexibility index (Phi) is 4.10. The van der Waals surface area contributed by atoms with Crippen LogP contribution in [0, 0.1) is 23.7 Å². The lowest BCUT2D eigenvalue weighted by atomic mass is 9.91. The van der Waals surface area contributed by atoms with Crippen LogP contribution in [0.4, 0.5) is 0 Å². The van der Waals surface area contributed by atoms with Crippen molar-refractivity contribution >= 4 is 0 Å². The van der Waals surface area contributed by atoms with E-state index in [-0.39, 0.29) is 0 Å². The quantitative estimate of drug-likeness (QED) is 0.492. The molecule has 0 heteroatoms. The first kappa shape index (κ1) is 12.2. The number of hydrogen-bond donors (Lipinski definition) is 0. The van der Waals surface area contributed by atoms with Gasteiger partial charge in [0.1, 0.15) is 0 Å². The Morgan fingerprint density at radius 2 is 1.75 bits per heavy atom. The third-order valence-corrected chi connectivity index (χ3v) is 4.77. The highest BCUT2D eigenvalue weighted by Gasteiger charge is 2.36. The molecule has 2 aliphatic carbocycles. The van der Waals surface area contributed by atoms with E-state index in [1.54, 1.807) is 5.57 Å². The van der Waals surface area contributed by atoms with E-state index in [0.717, 1.165) is 23.7 Å². The average Bonchev–Trinajstić information content (AvgIpc) is 2.93. The SMILES string of the molecule is CC1=CC2CC2CC(C)CCCCCC1C. The van der Waals surface area contributed by atoms with Crippen LogP contribution in [0.5, 0.6) is 0 Å². The van der Waals surface area contributed by atoms with Crippen molar-refractivity contribution in [2.75, 3.05) is 0 Å². The maximum Gasteiger partial charge on any atom is -0.0199 e. The Balaban J connectivity index is 1.95. The van der Waals surface area contributed by atoms with E-state index in [0.29, 0.717) is 0 Å². The molecule has 0 saturated heterocycles. The lowest BCUT2D eigenvalue weighted by molar-refractivity contribution is 0.421. The van der Waals surface area contributed by atoms with Crippen molar-refractivity contribution in [3.8, 4) is 0 Å². The molecule has 0 N–H and O–H groups in total. The van der Waals surface area contributed by atoms with Crippen molar-refractivity contribution < 1.29 is 0 Å². The molecule has 0 radical (unpaired) electrons. The Morgan fingerprint density at radius 3 is 2.56 bits per heavy atom. The fraction of sp³-hybridized carbons (Fsp3) is 0.875. The third kappa shape index (κ3) is 3.37. The van der Waals surface area contributed by atoms with Crippen molar-refractivity contribution in [3.05, 3.63) is 11.6 Å². The van der Waals surface area contributed by atoms with Crippen molar-refractivity contribution in [2.45, 2.75) is 65.7 Å². The van der Waals surface area contributed by atoms with Gasteiger partial charge in [0.2, 0.25) is 0 Å². The highest BCUT2D eigenvalue weighted by molar-refractivity contribution is 5.11. The smallest absolute Gasteiger partial charge is 0.0199 e. The summed E-state index contributed by atoms with van der Waals surface area (Å²) in [6.45, 7) is 7.23. The Labute approximate surface area is 102 Å². The van der Waals surface area contributed by atoms with Crippen LogP contribution in [0.25, 0.3) is 0 Å². The second-order valence-corrected chi connectivity index (χ2v) is 6.45. The molecule has 16 heavy (non-hydrogen) atoms.